The van der Waals surface area contributed by atoms with Crippen molar-refractivity contribution < 1.29 is 0 Å². The zero-order valence-electron chi connectivity index (χ0n) is 29.2. The van der Waals surface area contributed by atoms with E-state index in [2.05, 4.69) is 184 Å². The highest BCUT2D eigenvalue weighted by molar-refractivity contribution is 6.10. The standard InChI is InChI=1S/C48H45N/c1-5-47(6-2)43-22-16-15-21-41(43)45-46(47)42-30-26-35(32-44(42)48(45,7-3)8-4)24-23-34-25-27-37-33-40(29-28-36(37)31-34)49(38-17-11-9-12-18-38)39-19-13-10-14-20-39/h9-33H,5-8H2,1-4H3. The van der Waals surface area contributed by atoms with Crippen molar-refractivity contribution in [3.05, 3.63) is 173 Å². The number of allylic oxidation sites excluding steroid dienone is 2. The zero-order chi connectivity index (χ0) is 33.6. The third kappa shape index (κ3) is 4.82. The summed E-state index contributed by atoms with van der Waals surface area (Å²) in [6.45, 7) is 9.56. The summed E-state index contributed by atoms with van der Waals surface area (Å²) in [7, 11) is 0. The molecular weight excluding hydrogens is 591 g/mol. The lowest BCUT2D eigenvalue weighted by Crippen LogP contribution is -2.25. The van der Waals surface area contributed by atoms with Crippen LogP contribution in [0.4, 0.5) is 17.1 Å². The molecule has 2 aliphatic rings. The molecule has 0 heterocycles. The van der Waals surface area contributed by atoms with E-state index in [1.54, 1.807) is 16.7 Å². The van der Waals surface area contributed by atoms with Crippen molar-refractivity contribution in [3.63, 3.8) is 0 Å². The van der Waals surface area contributed by atoms with Crippen LogP contribution in [0.1, 0.15) is 86.8 Å². The first kappa shape index (κ1) is 31.1. The molecule has 0 spiro atoms. The molecule has 0 saturated carbocycles. The third-order valence-electron chi connectivity index (χ3n) is 11.8. The van der Waals surface area contributed by atoms with Crippen LogP contribution in [0, 0.1) is 0 Å². The summed E-state index contributed by atoms with van der Waals surface area (Å²) in [5, 5.41) is 2.47. The summed E-state index contributed by atoms with van der Waals surface area (Å²) in [4.78, 5) is 2.32. The first-order valence-electron chi connectivity index (χ1n) is 18.2. The van der Waals surface area contributed by atoms with Gasteiger partial charge in [-0.1, -0.05) is 137 Å². The third-order valence-corrected chi connectivity index (χ3v) is 11.8. The number of nitrogens with zero attached hydrogens (tertiary/aromatic N) is 1. The van der Waals surface area contributed by atoms with E-state index in [0.717, 1.165) is 42.7 Å². The van der Waals surface area contributed by atoms with E-state index in [-0.39, 0.29) is 10.8 Å². The van der Waals surface area contributed by atoms with E-state index in [1.807, 2.05) is 0 Å². The Balaban J connectivity index is 1.13. The Morgan fingerprint density at radius 3 is 1.55 bits per heavy atom. The summed E-state index contributed by atoms with van der Waals surface area (Å²) in [5.74, 6) is 0. The highest BCUT2D eigenvalue weighted by Gasteiger charge is 2.54. The lowest BCUT2D eigenvalue weighted by Gasteiger charge is -2.34. The van der Waals surface area contributed by atoms with Crippen LogP contribution in [-0.2, 0) is 10.8 Å². The lowest BCUT2D eigenvalue weighted by molar-refractivity contribution is 0.518. The summed E-state index contributed by atoms with van der Waals surface area (Å²) < 4.78 is 0. The average molecular weight is 636 g/mol. The van der Waals surface area contributed by atoms with E-state index in [9.17, 15) is 0 Å². The van der Waals surface area contributed by atoms with Gasteiger partial charge < -0.3 is 4.90 Å². The molecule has 8 rings (SSSR count). The van der Waals surface area contributed by atoms with Crippen LogP contribution in [0.2, 0.25) is 0 Å². The Hall–Kier alpha value is -5.14. The van der Waals surface area contributed by atoms with E-state index in [1.165, 1.54) is 38.6 Å². The van der Waals surface area contributed by atoms with Gasteiger partial charge in [-0.3, -0.25) is 0 Å². The molecule has 0 aromatic heterocycles. The van der Waals surface area contributed by atoms with Gasteiger partial charge in [-0.25, -0.2) is 0 Å². The van der Waals surface area contributed by atoms with Gasteiger partial charge in [0.05, 0.1) is 0 Å². The van der Waals surface area contributed by atoms with Crippen LogP contribution >= 0.6 is 0 Å². The van der Waals surface area contributed by atoms with E-state index >= 15 is 0 Å². The minimum Gasteiger partial charge on any atom is -0.310 e. The number of benzene rings is 6. The van der Waals surface area contributed by atoms with Crippen molar-refractivity contribution in [1.82, 2.24) is 0 Å². The zero-order valence-corrected chi connectivity index (χ0v) is 29.2. The second-order valence-corrected chi connectivity index (χ2v) is 13.8. The molecule has 242 valence electrons. The van der Waals surface area contributed by atoms with Crippen LogP contribution in [0.5, 0.6) is 0 Å². The van der Waals surface area contributed by atoms with Gasteiger partial charge in [0.15, 0.2) is 0 Å². The fraction of sp³-hybridized carbons (Fsp3) is 0.208. The summed E-state index contributed by atoms with van der Waals surface area (Å²) in [6.07, 6.45) is 9.07. The molecule has 0 fully saturated rings. The fourth-order valence-corrected chi connectivity index (χ4v) is 9.19. The molecule has 0 unspecified atom stereocenters. The minimum absolute atomic E-state index is 0.0464. The topological polar surface area (TPSA) is 3.24 Å². The molecule has 0 N–H and O–H groups in total. The number of fused-ring (bicyclic) bond motifs is 5. The molecular formula is C48H45N. The highest BCUT2D eigenvalue weighted by Crippen LogP contribution is 2.66. The molecule has 2 aliphatic carbocycles. The maximum atomic E-state index is 2.50. The number of rotatable bonds is 9. The van der Waals surface area contributed by atoms with Gasteiger partial charge in [0.1, 0.15) is 0 Å². The van der Waals surface area contributed by atoms with Crippen molar-refractivity contribution in [2.24, 2.45) is 0 Å². The largest absolute Gasteiger partial charge is 0.310 e. The average Bonchev–Trinajstić information content (AvgIpc) is 3.63. The van der Waals surface area contributed by atoms with Gasteiger partial charge in [-0.05, 0) is 123 Å². The molecule has 0 radical (unpaired) electrons. The Labute approximate surface area is 292 Å². The molecule has 0 aliphatic heterocycles. The van der Waals surface area contributed by atoms with Crippen LogP contribution in [0.15, 0.2) is 140 Å². The molecule has 1 nitrogen and oxygen atoms in total. The summed E-state index contributed by atoms with van der Waals surface area (Å²) in [6, 6.07) is 51.4. The first-order valence-corrected chi connectivity index (χ1v) is 18.2. The molecule has 0 saturated heterocycles. The molecule has 49 heavy (non-hydrogen) atoms. The Bertz CT molecular complexity index is 2170. The molecule has 0 amide bonds. The quantitative estimate of drug-likeness (QED) is 0.143. The molecule has 6 aromatic carbocycles. The Kier molecular flexibility index (Phi) is 7.87. The van der Waals surface area contributed by atoms with Crippen LogP contribution in [0.25, 0.3) is 34.1 Å². The van der Waals surface area contributed by atoms with Gasteiger partial charge in [0, 0.05) is 27.9 Å². The number of para-hydroxylation sites is 2. The lowest BCUT2D eigenvalue weighted by atomic mass is 9.69. The summed E-state index contributed by atoms with van der Waals surface area (Å²) >= 11 is 0. The highest BCUT2D eigenvalue weighted by atomic mass is 15.1. The SMILES string of the molecule is CCC1(CC)C2=C(c3ccccc31)C(CC)(CC)c1cc(C=Cc3ccc4cc(N(c5ccccc5)c5ccccc5)ccc4c3)ccc12. The molecule has 1 heteroatoms. The Morgan fingerprint density at radius 2 is 0.918 bits per heavy atom. The fourth-order valence-electron chi connectivity index (χ4n) is 9.19. The van der Waals surface area contributed by atoms with Gasteiger partial charge in [-0.2, -0.15) is 0 Å². The minimum atomic E-state index is 0.0464. The van der Waals surface area contributed by atoms with Gasteiger partial charge in [0.25, 0.3) is 0 Å². The van der Waals surface area contributed by atoms with Crippen molar-refractivity contribution in [3.8, 4) is 0 Å². The van der Waals surface area contributed by atoms with Crippen molar-refractivity contribution >= 4 is 51.1 Å². The molecule has 0 bridgehead atoms. The van der Waals surface area contributed by atoms with Crippen LogP contribution < -0.4 is 4.90 Å². The maximum absolute atomic E-state index is 2.50. The molecule has 6 aromatic rings. The van der Waals surface area contributed by atoms with E-state index in [4.69, 9.17) is 0 Å². The van der Waals surface area contributed by atoms with E-state index < -0.39 is 0 Å². The van der Waals surface area contributed by atoms with E-state index in [0.29, 0.717) is 0 Å². The first-order chi connectivity index (χ1) is 24.1. The molecule has 0 atom stereocenters. The predicted octanol–water partition coefficient (Wildman–Crippen LogP) is 13.5. The Morgan fingerprint density at radius 1 is 0.429 bits per heavy atom. The van der Waals surface area contributed by atoms with Gasteiger partial charge >= 0.3 is 0 Å². The maximum Gasteiger partial charge on any atom is 0.0468 e. The number of hydrogen-bond acceptors (Lipinski definition) is 1. The van der Waals surface area contributed by atoms with Crippen LogP contribution in [-0.4, -0.2) is 0 Å². The van der Waals surface area contributed by atoms with Gasteiger partial charge in [-0.15, -0.1) is 0 Å². The normalized spacial score (nSPS) is 15.4. The number of hydrogen-bond donors (Lipinski definition) is 0. The predicted molar refractivity (Wildman–Crippen MR) is 212 cm³/mol. The second-order valence-electron chi connectivity index (χ2n) is 13.8. The van der Waals surface area contributed by atoms with Crippen molar-refractivity contribution in [2.75, 3.05) is 4.90 Å². The smallest absolute Gasteiger partial charge is 0.0468 e. The number of anilines is 3. The van der Waals surface area contributed by atoms with Crippen molar-refractivity contribution in [1.29, 1.82) is 0 Å². The second kappa shape index (κ2) is 12.4. The van der Waals surface area contributed by atoms with Crippen LogP contribution in [0.3, 0.4) is 0 Å². The van der Waals surface area contributed by atoms with Gasteiger partial charge in [0.2, 0.25) is 0 Å². The van der Waals surface area contributed by atoms with Crippen molar-refractivity contribution in [2.45, 2.75) is 64.2 Å². The monoisotopic (exact) mass is 635 g/mol. The summed E-state index contributed by atoms with van der Waals surface area (Å²) in [5.41, 5.74) is 15.3.